The minimum atomic E-state index is 0.298. The average molecular weight is 273 g/mol. The maximum atomic E-state index is 9.50. The molecule has 0 aliphatic rings. The fourth-order valence-corrected chi connectivity index (χ4v) is 3.42. The van der Waals surface area contributed by atoms with Gasteiger partial charge < -0.3 is 5.11 Å². The number of hydrogen-bond donors (Lipinski definition) is 1. The van der Waals surface area contributed by atoms with Crippen LogP contribution in [-0.4, -0.2) is 10.1 Å². The maximum absolute atomic E-state index is 9.50. The fourth-order valence-electron chi connectivity index (χ4n) is 1.77. The lowest BCUT2D eigenvalue weighted by atomic mass is 10.2. The number of benzene rings is 1. The molecule has 0 bridgehead atoms. The van der Waals surface area contributed by atoms with Gasteiger partial charge in [0.2, 0.25) is 0 Å². The van der Waals surface area contributed by atoms with Gasteiger partial charge in [0.15, 0.2) is 0 Å². The van der Waals surface area contributed by atoms with E-state index in [1.807, 2.05) is 19.1 Å². The van der Waals surface area contributed by atoms with Crippen molar-refractivity contribution in [2.24, 2.45) is 0 Å². The van der Waals surface area contributed by atoms with E-state index in [4.69, 9.17) is 0 Å². The molecule has 2 heterocycles. The SMILES string of the molecule is Cc1nc(-c2ccc(-c3cccc(O)c3)s2)cs1. The summed E-state index contributed by atoms with van der Waals surface area (Å²) in [5, 5.41) is 12.7. The Hall–Kier alpha value is -1.65. The molecule has 2 aromatic heterocycles. The topological polar surface area (TPSA) is 33.1 Å². The van der Waals surface area contributed by atoms with E-state index in [2.05, 4.69) is 22.5 Å². The van der Waals surface area contributed by atoms with Crippen molar-refractivity contribution in [3.8, 4) is 26.8 Å². The van der Waals surface area contributed by atoms with Gasteiger partial charge in [0.1, 0.15) is 5.75 Å². The van der Waals surface area contributed by atoms with Gasteiger partial charge >= 0.3 is 0 Å². The normalized spacial score (nSPS) is 10.7. The van der Waals surface area contributed by atoms with Gasteiger partial charge in [0.05, 0.1) is 15.6 Å². The van der Waals surface area contributed by atoms with Crippen LogP contribution in [0.3, 0.4) is 0 Å². The Morgan fingerprint density at radius 2 is 1.94 bits per heavy atom. The predicted molar refractivity (Wildman–Crippen MR) is 77.3 cm³/mol. The number of rotatable bonds is 2. The average Bonchev–Trinajstić information content (AvgIpc) is 2.97. The summed E-state index contributed by atoms with van der Waals surface area (Å²) >= 11 is 3.36. The Morgan fingerprint density at radius 1 is 1.11 bits per heavy atom. The molecule has 0 spiro atoms. The molecule has 1 N–H and O–H groups in total. The van der Waals surface area contributed by atoms with Crippen LogP contribution in [-0.2, 0) is 0 Å². The molecular formula is C14H11NOS2. The van der Waals surface area contributed by atoms with Crippen molar-refractivity contribution in [2.75, 3.05) is 0 Å². The van der Waals surface area contributed by atoms with Gasteiger partial charge in [0.25, 0.3) is 0 Å². The van der Waals surface area contributed by atoms with E-state index < -0.39 is 0 Å². The van der Waals surface area contributed by atoms with Crippen molar-refractivity contribution in [3.05, 3.63) is 46.8 Å². The molecule has 0 aliphatic heterocycles. The highest BCUT2D eigenvalue weighted by atomic mass is 32.1. The van der Waals surface area contributed by atoms with E-state index in [9.17, 15) is 5.11 Å². The molecule has 0 fully saturated rings. The minimum Gasteiger partial charge on any atom is -0.508 e. The number of aromatic hydroxyl groups is 1. The van der Waals surface area contributed by atoms with Crippen LogP contribution in [0.15, 0.2) is 41.8 Å². The standard InChI is InChI=1S/C14H11NOS2/c1-9-15-12(8-17-9)14-6-5-13(18-14)10-3-2-4-11(16)7-10/h2-8,16H,1H3. The van der Waals surface area contributed by atoms with E-state index in [1.54, 1.807) is 34.8 Å². The molecule has 0 amide bonds. The highest BCUT2D eigenvalue weighted by Crippen LogP contribution is 2.35. The molecule has 0 saturated carbocycles. The lowest BCUT2D eigenvalue weighted by molar-refractivity contribution is 0.475. The Bertz CT molecular complexity index is 684. The van der Waals surface area contributed by atoms with Crippen LogP contribution in [0.5, 0.6) is 5.75 Å². The zero-order chi connectivity index (χ0) is 12.5. The van der Waals surface area contributed by atoms with Crippen molar-refractivity contribution < 1.29 is 5.11 Å². The van der Waals surface area contributed by atoms with Gasteiger partial charge in [-0.05, 0) is 36.8 Å². The van der Waals surface area contributed by atoms with E-state index >= 15 is 0 Å². The number of aromatic nitrogens is 1. The van der Waals surface area contributed by atoms with Gasteiger partial charge in [0, 0.05) is 10.3 Å². The second-order valence-corrected chi connectivity index (χ2v) is 6.11. The monoisotopic (exact) mass is 273 g/mol. The molecule has 18 heavy (non-hydrogen) atoms. The van der Waals surface area contributed by atoms with Crippen molar-refractivity contribution in [1.82, 2.24) is 4.98 Å². The smallest absolute Gasteiger partial charge is 0.116 e. The van der Waals surface area contributed by atoms with Crippen molar-refractivity contribution >= 4 is 22.7 Å². The summed E-state index contributed by atoms with van der Waals surface area (Å²) in [7, 11) is 0. The zero-order valence-electron chi connectivity index (χ0n) is 9.75. The van der Waals surface area contributed by atoms with Gasteiger partial charge in [-0.2, -0.15) is 0 Å². The third kappa shape index (κ3) is 2.17. The van der Waals surface area contributed by atoms with Gasteiger partial charge in [-0.3, -0.25) is 0 Å². The third-order valence-corrected chi connectivity index (χ3v) is 4.54. The van der Waals surface area contributed by atoms with Crippen molar-refractivity contribution in [1.29, 1.82) is 0 Å². The van der Waals surface area contributed by atoms with Crippen molar-refractivity contribution in [2.45, 2.75) is 6.92 Å². The Labute approximate surface area is 113 Å². The molecule has 0 radical (unpaired) electrons. The summed E-state index contributed by atoms with van der Waals surface area (Å²) in [5.74, 6) is 0.298. The summed E-state index contributed by atoms with van der Waals surface area (Å²) in [6, 6.07) is 11.5. The lowest BCUT2D eigenvalue weighted by Gasteiger charge is -1.97. The maximum Gasteiger partial charge on any atom is 0.116 e. The molecule has 0 atom stereocenters. The minimum absolute atomic E-state index is 0.298. The van der Waals surface area contributed by atoms with Crippen molar-refractivity contribution in [3.63, 3.8) is 0 Å². The number of phenols is 1. The molecule has 4 heteroatoms. The molecule has 2 nitrogen and oxygen atoms in total. The molecule has 1 aromatic carbocycles. The zero-order valence-corrected chi connectivity index (χ0v) is 11.4. The summed E-state index contributed by atoms with van der Waals surface area (Å²) in [5.41, 5.74) is 2.08. The van der Waals surface area contributed by atoms with Crippen LogP contribution < -0.4 is 0 Å². The first kappa shape index (κ1) is 11.4. The Morgan fingerprint density at radius 3 is 2.67 bits per heavy atom. The Kier molecular flexibility index (Phi) is 2.89. The second-order valence-electron chi connectivity index (χ2n) is 3.97. The summed E-state index contributed by atoms with van der Waals surface area (Å²) in [4.78, 5) is 6.79. The molecule has 0 saturated heterocycles. The quantitative estimate of drug-likeness (QED) is 0.743. The Balaban J connectivity index is 1.99. The molecule has 0 aliphatic carbocycles. The number of aryl methyl sites for hydroxylation is 1. The summed E-state index contributed by atoms with van der Waals surface area (Å²) < 4.78 is 0. The van der Waals surface area contributed by atoms with E-state index in [0.717, 1.165) is 26.0 Å². The van der Waals surface area contributed by atoms with Crippen LogP contribution >= 0.6 is 22.7 Å². The largest absolute Gasteiger partial charge is 0.508 e. The number of hydrogen-bond acceptors (Lipinski definition) is 4. The van der Waals surface area contributed by atoms with Gasteiger partial charge in [-0.1, -0.05) is 12.1 Å². The van der Waals surface area contributed by atoms with Gasteiger partial charge in [-0.25, -0.2) is 4.98 Å². The summed E-state index contributed by atoms with van der Waals surface area (Å²) in [6.07, 6.45) is 0. The molecule has 3 aromatic rings. The predicted octanol–water partition coefficient (Wildman–Crippen LogP) is 4.55. The van der Waals surface area contributed by atoms with Gasteiger partial charge in [-0.15, -0.1) is 22.7 Å². The van der Waals surface area contributed by atoms with Crippen LogP contribution in [0.2, 0.25) is 0 Å². The van der Waals surface area contributed by atoms with Crippen LogP contribution in [0.25, 0.3) is 21.0 Å². The molecule has 3 rings (SSSR count). The first-order chi connectivity index (χ1) is 8.72. The van der Waals surface area contributed by atoms with E-state index in [1.165, 1.54) is 0 Å². The van der Waals surface area contributed by atoms with Crippen LogP contribution in [0.1, 0.15) is 5.01 Å². The van der Waals surface area contributed by atoms with Crippen LogP contribution in [0.4, 0.5) is 0 Å². The highest BCUT2D eigenvalue weighted by Gasteiger charge is 2.07. The lowest BCUT2D eigenvalue weighted by Crippen LogP contribution is -1.71. The van der Waals surface area contributed by atoms with E-state index in [-0.39, 0.29) is 0 Å². The number of phenolic OH excluding ortho intramolecular Hbond substituents is 1. The number of nitrogens with zero attached hydrogens (tertiary/aromatic N) is 1. The first-order valence-electron chi connectivity index (χ1n) is 5.54. The molecule has 0 unspecified atom stereocenters. The highest BCUT2D eigenvalue weighted by molar-refractivity contribution is 7.19. The summed E-state index contributed by atoms with van der Waals surface area (Å²) in [6.45, 7) is 2.01. The van der Waals surface area contributed by atoms with E-state index in [0.29, 0.717) is 5.75 Å². The fraction of sp³-hybridized carbons (Fsp3) is 0.0714. The number of thiazole rings is 1. The molecule has 90 valence electrons. The number of thiophene rings is 1. The van der Waals surface area contributed by atoms with Crippen LogP contribution in [0, 0.1) is 6.92 Å². The molecular weight excluding hydrogens is 262 g/mol. The second kappa shape index (κ2) is 4.55. The third-order valence-electron chi connectivity index (χ3n) is 2.61. The first-order valence-corrected chi connectivity index (χ1v) is 7.24.